The van der Waals surface area contributed by atoms with Crippen LogP contribution in [0.1, 0.15) is 32.0 Å². The summed E-state index contributed by atoms with van der Waals surface area (Å²) < 4.78 is 2.11. The Kier molecular flexibility index (Phi) is 6.22. The van der Waals surface area contributed by atoms with Gasteiger partial charge in [-0.1, -0.05) is 18.7 Å². The Morgan fingerprint density at radius 2 is 2.20 bits per heavy atom. The van der Waals surface area contributed by atoms with Crippen LogP contribution >= 0.6 is 23.5 Å². The normalized spacial score (nSPS) is 16.4. The molecule has 0 saturated carbocycles. The van der Waals surface area contributed by atoms with Crippen molar-refractivity contribution in [2.75, 3.05) is 17.3 Å². The summed E-state index contributed by atoms with van der Waals surface area (Å²) in [5.74, 6) is 3.44. The van der Waals surface area contributed by atoms with Gasteiger partial charge in [0, 0.05) is 13.0 Å². The maximum absolute atomic E-state index is 10.7. The summed E-state index contributed by atoms with van der Waals surface area (Å²) in [6.45, 7) is 2.98. The van der Waals surface area contributed by atoms with Gasteiger partial charge < -0.3 is 9.67 Å². The number of carbonyl (C=O) groups is 1. The first kappa shape index (κ1) is 15.7. The average Bonchev–Trinajstić information content (AvgIpc) is 2.81. The van der Waals surface area contributed by atoms with Crippen LogP contribution in [-0.4, -0.2) is 43.1 Å². The molecule has 1 aliphatic heterocycles. The third-order valence-corrected chi connectivity index (χ3v) is 5.38. The van der Waals surface area contributed by atoms with Gasteiger partial charge in [-0.2, -0.15) is 11.8 Å². The Hall–Kier alpha value is -0.690. The molecule has 0 aromatic carbocycles. The van der Waals surface area contributed by atoms with E-state index in [4.69, 9.17) is 5.11 Å². The van der Waals surface area contributed by atoms with Gasteiger partial charge in [-0.3, -0.25) is 4.79 Å². The number of hydrogen-bond acceptors (Lipinski definition) is 5. The number of aromatic nitrogens is 3. The molecule has 2 heterocycles. The number of aliphatic carboxylic acids is 1. The molecule has 1 fully saturated rings. The monoisotopic (exact) mass is 315 g/mol. The largest absolute Gasteiger partial charge is 0.481 e. The van der Waals surface area contributed by atoms with E-state index in [9.17, 15) is 4.79 Å². The molecular weight excluding hydrogens is 294 g/mol. The fourth-order valence-corrected chi connectivity index (χ4v) is 4.27. The van der Waals surface area contributed by atoms with Crippen molar-refractivity contribution >= 4 is 29.5 Å². The molecule has 0 radical (unpaired) electrons. The first-order valence-corrected chi connectivity index (χ1v) is 9.19. The second-order valence-electron chi connectivity index (χ2n) is 4.99. The zero-order valence-electron chi connectivity index (χ0n) is 11.7. The molecule has 5 nitrogen and oxygen atoms in total. The van der Waals surface area contributed by atoms with Crippen molar-refractivity contribution in [2.45, 2.75) is 44.3 Å². The topological polar surface area (TPSA) is 68.0 Å². The lowest BCUT2D eigenvalue weighted by Crippen LogP contribution is -2.16. The van der Waals surface area contributed by atoms with E-state index in [-0.39, 0.29) is 5.75 Å². The molecule has 7 heteroatoms. The molecule has 1 aromatic heterocycles. The third-order valence-electron chi connectivity index (χ3n) is 3.38. The Balaban J connectivity index is 2.04. The molecule has 1 saturated heterocycles. The summed E-state index contributed by atoms with van der Waals surface area (Å²) in [6.07, 6.45) is 4.48. The fourth-order valence-electron chi connectivity index (χ4n) is 2.36. The van der Waals surface area contributed by atoms with Crippen molar-refractivity contribution in [3.8, 4) is 0 Å². The van der Waals surface area contributed by atoms with E-state index in [1.54, 1.807) is 0 Å². The van der Waals surface area contributed by atoms with Crippen LogP contribution in [-0.2, 0) is 17.8 Å². The van der Waals surface area contributed by atoms with Gasteiger partial charge in [0.05, 0.1) is 5.75 Å². The molecule has 0 atom stereocenters. The maximum Gasteiger partial charge on any atom is 0.313 e. The van der Waals surface area contributed by atoms with E-state index in [2.05, 4.69) is 21.7 Å². The smallest absolute Gasteiger partial charge is 0.313 e. The molecule has 0 bridgehead atoms. The number of hydrogen-bond donors (Lipinski definition) is 1. The highest BCUT2D eigenvalue weighted by Gasteiger charge is 2.19. The maximum atomic E-state index is 10.7. The lowest BCUT2D eigenvalue weighted by molar-refractivity contribution is -0.133. The van der Waals surface area contributed by atoms with Crippen LogP contribution < -0.4 is 0 Å². The van der Waals surface area contributed by atoms with Gasteiger partial charge in [-0.15, -0.1) is 10.2 Å². The van der Waals surface area contributed by atoms with E-state index in [1.807, 2.05) is 11.8 Å². The van der Waals surface area contributed by atoms with E-state index < -0.39 is 5.97 Å². The minimum absolute atomic E-state index is 0.0436. The Labute approximate surface area is 127 Å². The van der Waals surface area contributed by atoms with Crippen LogP contribution in [0.4, 0.5) is 0 Å². The number of nitrogens with zero attached hydrogens (tertiary/aromatic N) is 3. The highest BCUT2D eigenvalue weighted by Crippen LogP contribution is 2.27. The number of carboxylic acid groups (broad SMARTS) is 1. The molecule has 0 unspecified atom stereocenters. The van der Waals surface area contributed by atoms with Crippen LogP contribution in [0.25, 0.3) is 0 Å². The van der Waals surface area contributed by atoms with Gasteiger partial charge in [0.2, 0.25) is 0 Å². The molecular formula is C13H21N3O2S2. The molecule has 0 spiro atoms. The van der Waals surface area contributed by atoms with Crippen molar-refractivity contribution in [1.29, 1.82) is 0 Å². The predicted molar refractivity (Wildman–Crippen MR) is 82.4 cm³/mol. The minimum atomic E-state index is -0.813. The third kappa shape index (κ3) is 4.41. The lowest BCUT2D eigenvalue weighted by Gasteiger charge is -2.21. The molecule has 2 rings (SSSR count). The van der Waals surface area contributed by atoms with E-state index in [0.717, 1.165) is 30.4 Å². The van der Waals surface area contributed by atoms with Crippen LogP contribution in [0.15, 0.2) is 5.16 Å². The highest BCUT2D eigenvalue weighted by atomic mass is 32.2. The molecule has 1 N–H and O–H groups in total. The van der Waals surface area contributed by atoms with Gasteiger partial charge in [-0.05, 0) is 36.7 Å². The lowest BCUT2D eigenvalue weighted by atomic mass is 9.98. The zero-order chi connectivity index (χ0) is 14.4. The summed E-state index contributed by atoms with van der Waals surface area (Å²) in [5.41, 5.74) is 0. The second-order valence-corrected chi connectivity index (χ2v) is 7.16. The first-order chi connectivity index (χ1) is 9.70. The summed E-state index contributed by atoms with van der Waals surface area (Å²) in [4.78, 5) is 10.7. The summed E-state index contributed by atoms with van der Waals surface area (Å²) in [7, 11) is 0. The zero-order valence-corrected chi connectivity index (χ0v) is 13.4. The van der Waals surface area contributed by atoms with Gasteiger partial charge in [0.1, 0.15) is 5.82 Å². The Bertz CT molecular complexity index is 445. The Morgan fingerprint density at radius 3 is 2.85 bits per heavy atom. The average molecular weight is 315 g/mol. The standard InChI is InChI=1S/C13H21N3O2S2/c1-2-5-16-11(8-10-3-6-19-7-4-10)14-15-13(16)20-9-12(17)18/h10H,2-9H2,1H3,(H,17,18). The predicted octanol–water partition coefficient (Wildman–Crippen LogP) is 2.55. The number of rotatable bonds is 7. The van der Waals surface area contributed by atoms with Gasteiger partial charge in [0.25, 0.3) is 0 Å². The van der Waals surface area contributed by atoms with Gasteiger partial charge >= 0.3 is 5.97 Å². The SMILES string of the molecule is CCCn1c(CC2CCSCC2)nnc1SCC(=O)O. The molecule has 1 aromatic rings. The van der Waals surface area contributed by atoms with Crippen molar-refractivity contribution < 1.29 is 9.90 Å². The van der Waals surface area contributed by atoms with E-state index in [1.165, 1.54) is 36.1 Å². The van der Waals surface area contributed by atoms with E-state index in [0.29, 0.717) is 5.92 Å². The first-order valence-electron chi connectivity index (χ1n) is 7.05. The quantitative estimate of drug-likeness (QED) is 0.780. The molecule has 0 aliphatic carbocycles. The van der Waals surface area contributed by atoms with Crippen molar-refractivity contribution in [1.82, 2.24) is 14.8 Å². The van der Waals surface area contributed by atoms with E-state index >= 15 is 0 Å². The van der Waals surface area contributed by atoms with Crippen LogP contribution in [0.3, 0.4) is 0 Å². The van der Waals surface area contributed by atoms with Gasteiger partial charge in [-0.25, -0.2) is 0 Å². The van der Waals surface area contributed by atoms with Crippen molar-refractivity contribution in [3.63, 3.8) is 0 Å². The van der Waals surface area contributed by atoms with Crippen molar-refractivity contribution in [3.05, 3.63) is 5.82 Å². The van der Waals surface area contributed by atoms with Crippen molar-refractivity contribution in [2.24, 2.45) is 5.92 Å². The molecule has 20 heavy (non-hydrogen) atoms. The summed E-state index contributed by atoms with van der Waals surface area (Å²) in [6, 6.07) is 0. The van der Waals surface area contributed by atoms with Crippen LogP contribution in [0.5, 0.6) is 0 Å². The van der Waals surface area contributed by atoms with Crippen LogP contribution in [0.2, 0.25) is 0 Å². The number of carboxylic acids is 1. The summed E-state index contributed by atoms with van der Waals surface area (Å²) in [5, 5.41) is 18.0. The Morgan fingerprint density at radius 1 is 1.45 bits per heavy atom. The number of thioether (sulfide) groups is 2. The molecule has 112 valence electrons. The van der Waals surface area contributed by atoms with Crippen LogP contribution in [0, 0.1) is 5.92 Å². The fraction of sp³-hybridized carbons (Fsp3) is 0.769. The highest BCUT2D eigenvalue weighted by molar-refractivity contribution is 7.99. The minimum Gasteiger partial charge on any atom is -0.481 e. The summed E-state index contributed by atoms with van der Waals surface area (Å²) >= 11 is 3.29. The van der Waals surface area contributed by atoms with Gasteiger partial charge in [0.15, 0.2) is 5.16 Å². The molecule has 1 aliphatic rings. The molecule has 0 amide bonds. The second kappa shape index (κ2) is 7.93.